The molecule has 0 radical (unpaired) electrons. The predicted molar refractivity (Wildman–Crippen MR) is 71.4 cm³/mol. The summed E-state index contributed by atoms with van der Waals surface area (Å²) in [6.07, 6.45) is 5.69. The second-order valence-electron chi connectivity index (χ2n) is 4.00. The fraction of sp³-hybridized carbons (Fsp3) is 0.769. The van der Waals surface area contributed by atoms with Crippen LogP contribution >= 0.6 is 0 Å². The zero-order valence-electron chi connectivity index (χ0n) is 11.5. The van der Waals surface area contributed by atoms with Gasteiger partial charge in [-0.1, -0.05) is 0 Å². The summed E-state index contributed by atoms with van der Waals surface area (Å²) < 4.78 is 12.9. The maximum atomic E-state index is 5.47. The molecule has 0 aliphatic carbocycles. The van der Waals surface area contributed by atoms with Crippen LogP contribution in [0.1, 0.15) is 26.7 Å². The van der Waals surface area contributed by atoms with Crippen LogP contribution in [0.3, 0.4) is 0 Å². The first-order valence-corrected chi connectivity index (χ1v) is 6.78. The molecule has 0 bridgehead atoms. The van der Waals surface area contributed by atoms with Crippen LogP contribution in [0.15, 0.2) is 18.5 Å². The summed E-state index contributed by atoms with van der Waals surface area (Å²) in [5, 5.41) is 7.55. The molecule has 1 aromatic rings. The van der Waals surface area contributed by atoms with Crippen LogP contribution < -0.4 is 5.32 Å². The molecule has 104 valence electrons. The van der Waals surface area contributed by atoms with Crippen molar-refractivity contribution in [2.45, 2.75) is 39.5 Å². The molecule has 1 rings (SSSR count). The number of hydrogen-bond acceptors (Lipinski definition) is 4. The first-order chi connectivity index (χ1) is 8.86. The largest absolute Gasteiger partial charge is 0.353 e. The SMILES string of the molecule is CCOC(CCNCCCn1cccn1)OCC. The van der Waals surface area contributed by atoms with Gasteiger partial charge in [0.2, 0.25) is 0 Å². The van der Waals surface area contributed by atoms with Gasteiger partial charge in [-0.05, 0) is 39.4 Å². The maximum Gasteiger partial charge on any atom is 0.158 e. The molecule has 18 heavy (non-hydrogen) atoms. The maximum absolute atomic E-state index is 5.47. The van der Waals surface area contributed by atoms with Gasteiger partial charge in [0.15, 0.2) is 6.29 Å². The van der Waals surface area contributed by atoms with Gasteiger partial charge in [0, 0.05) is 38.6 Å². The van der Waals surface area contributed by atoms with E-state index in [1.165, 1.54) is 0 Å². The van der Waals surface area contributed by atoms with Crippen molar-refractivity contribution in [2.24, 2.45) is 0 Å². The van der Waals surface area contributed by atoms with Gasteiger partial charge in [-0.25, -0.2) is 0 Å². The molecule has 0 atom stereocenters. The minimum Gasteiger partial charge on any atom is -0.353 e. The third-order valence-electron chi connectivity index (χ3n) is 2.56. The van der Waals surface area contributed by atoms with Crippen LogP contribution in [0.5, 0.6) is 0 Å². The molecule has 0 unspecified atom stereocenters. The van der Waals surface area contributed by atoms with Crippen molar-refractivity contribution < 1.29 is 9.47 Å². The van der Waals surface area contributed by atoms with E-state index in [4.69, 9.17) is 9.47 Å². The Morgan fingerprint density at radius 1 is 1.22 bits per heavy atom. The molecule has 0 spiro atoms. The molecule has 0 saturated heterocycles. The lowest BCUT2D eigenvalue weighted by molar-refractivity contribution is -0.138. The monoisotopic (exact) mass is 255 g/mol. The molecule has 1 aromatic heterocycles. The molecule has 1 N–H and O–H groups in total. The number of aryl methyl sites for hydroxylation is 1. The number of nitrogens with zero attached hydrogens (tertiary/aromatic N) is 2. The van der Waals surface area contributed by atoms with E-state index < -0.39 is 0 Å². The van der Waals surface area contributed by atoms with Gasteiger partial charge >= 0.3 is 0 Å². The topological polar surface area (TPSA) is 48.3 Å². The Morgan fingerprint density at radius 3 is 2.61 bits per heavy atom. The second-order valence-corrected chi connectivity index (χ2v) is 4.00. The molecule has 0 aliphatic rings. The fourth-order valence-electron chi connectivity index (χ4n) is 1.73. The lowest BCUT2D eigenvalue weighted by Crippen LogP contribution is -2.26. The van der Waals surface area contributed by atoms with Crippen LogP contribution in [-0.4, -0.2) is 42.4 Å². The molecular weight excluding hydrogens is 230 g/mol. The van der Waals surface area contributed by atoms with Gasteiger partial charge < -0.3 is 14.8 Å². The minimum absolute atomic E-state index is 0.0707. The van der Waals surface area contributed by atoms with Crippen LogP contribution in [0, 0.1) is 0 Å². The summed E-state index contributed by atoms with van der Waals surface area (Å²) in [6.45, 7) is 8.25. The quantitative estimate of drug-likeness (QED) is 0.482. The van der Waals surface area contributed by atoms with Gasteiger partial charge in [-0.3, -0.25) is 4.68 Å². The van der Waals surface area contributed by atoms with E-state index in [0.29, 0.717) is 13.2 Å². The van der Waals surface area contributed by atoms with Crippen LogP contribution in [0.4, 0.5) is 0 Å². The molecule has 0 saturated carbocycles. The van der Waals surface area contributed by atoms with Gasteiger partial charge in [0.05, 0.1) is 0 Å². The van der Waals surface area contributed by atoms with Crippen LogP contribution in [0.25, 0.3) is 0 Å². The molecule has 0 aromatic carbocycles. The van der Waals surface area contributed by atoms with Crippen molar-refractivity contribution in [1.82, 2.24) is 15.1 Å². The summed E-state index contributed by atoms with van der Waals surface area (Å²) in [6, 6.07) is 1.95. The van der Waals surface area contributed by atoms with Crippen LogP contribution in [0.2, 0.25) is 0 Å². The molecule has 1 heterocycles. The van der Waals surface area contributed by atoms with Crippen molar-refractivity contribution in [3.05, 3.63) is 18.5 Å². The Kier molecular flexibility index (Phi) is 8.46. The first-order valence-electron chi connectivity index (χ1n) is 6.78. The normalized spacial score (nSPS) is 11.3. The molecule has 0 fully saturated rings. The average Bonchev–Trinajstić information content (AvgIpc) is 2.87. The van der Waals surface area contributed by atoms with E-state index >= 15 is 0 Å². The van der Waals surface area contributed by atoms with Crippen LogP contribution in [-0.2, 0) is 16.0 Å². The lowest BCUT2D eigenvalue weighted by atomic mass is 10.3. The lowest BCUT2D eigenvalue weighted by Gasteiger charge is -2.16. The zero-order chi connectivity index (χ0) is 13.1. The summed E-state index contributed by atoms with van der Waals surface area (Å²) >= 11 is 0. The molecule has 5 heteroatoms. The van der Waals surface area contributed by atoms with E-state index in [-0.39, 0.29) is 6.29 Å². The third-order valence-corrected chi connectivity index (χ3v) is 2.56. The summed E-state index contributed by atoms with van der Waals surface area (Å²) in [5.41, 5.74) is 0. The van der Waals surface area contributed by atoms with Gasteiger partial charge in [0.25, 0.3) is 0 Å². The number of rotatable bonds is 11. The van der Waals surface area contributed by atoms with Crippen molar-refractivity contribution in [3.63, 3.8) is 0 Å². The van der Waals surface area contributed by atoms with E-state index in [0.717, 1.165) is 32.5 Å². The average molecular weight is 255 g/mol. The van der Waals surface area contributed by atoms with Gasteiger partial charge in [-0.15, -0.1) is 0 Å². The molecule has 5 nitrogen and oxygen atoms in total. The summed E-state index contributed by atoms with van der Waals surface area (Å²) in [7, 11) is 0. The Balaban J connectivity index is 1.96. The highest BCUT2D eigenvalue weighted by Gasteiger charge is 2.06. The standard InChI is InChI=1S/C13H25N3O2/c1-3-17-13(18-4-2)7-10-14-8-5-11-16-12-6-9-15-16/h6,9,12-14H,3-5,7-8,10-11H2,1-2H3. The molecule has 0 aliphatic heterocycles. The highest BCUT2D eigenvalue weighted by Crippen LogP contribution is 1.99. The van der Waals surface area contributed by atoms with E-state index in [2.05, 4.69) is 10.4 Å². The van der Waals surface area contributed by atoms with Crippen molar-refractivity contribution in [1.29, 1.82) is 0 Å². The molecular formula is C13H25N3O2. The number of ether oxygens (including phenoxy) is 2. The van der Waals surface area contributed by atoms with E-state index in [1.807, 2.05) is 37.0 Å². The Hall–Kier alpha value is -0.910. The Bertz CT molecular complexity index is 272. The summed E-state index contributed by atoms with van der Waals surface area (Å²) in [4.78, 5) is 0. The summed E-state index contributed by atoms with van der Waals surface area (Å²) in [5.74, 6) is 0. The number of aromatic nitrogens is 2. The Labute approximate surface area is 109 Å². The van der Waals surface area contributed by atoms with E-state index in [1.54, 1.807) is 0 Å². The zero-order valence-corrected chi connectivity index (χ0v) is 11.5. The smallest absolute Gasteiger partial charge is 0.158 e. The Morgan fingerprint density at radius 2 is 2.00 bits per heavy atom. The van der Waals surface area contributed by atoms with Gasteiger partial charge in [-0.2, -0.15) is 5.10 Å². The highest BCUT2D eigenvalue weighted by atomic mass is 16.7. The van der Waals surface area contributed by atoms with E-state index in [9.17, 15) is 0 Å². The second kappa shape index (κ2) is 10.1. The van der Waals surface area contributed by atoms with Gasteiger partial charge in [0.1, 0.15) is 0 Å². The third kappa shape index (κ3) is 6.74. The fourth-order valence-corrected chi connectivity index (χ4v) is 1.73. The highest BCUT2D eigenvalue weighted by molar-refractivity contribution is 4.77. The molecule has 0 amide bonds. The van der Waals surface area contributed by atoms with Crippen molar-refractivity contribution >= 4 is 0 Å². The van der Waals surface area contributed by atoms with Crippen molar-refractivity contribution in [2.75, 3.05) is 26.3 Å². The first kappa shape index (κ1) is 15.1. The van der Waals surface area contributed by atoms with Crippen molar-refractivity contribution in [3.8, 4) is 0 Å². The minimum atomic E-state index is -0.0707. The predicted octanol–water partition coefficient (Wildman–Crippen LogP) is 1.65. The number of nitrogens with one attached hydrogen (secondary N) is 1. The number of hydrogen-bond donors (Lipinski definition) is 1.